The zero-order valence-corrected chi connectivity index (χ0v) is 16.4. The second-order valence-corrected chi connectivity index (χ2v) is 7.89. The Hall–Kier alpha value is -3.03. The summed E-state index contributed by atoms with van der Waals surface area (Å²) in [4.78, 5) is 12.4. The molecule has 0 radical (unpaired) electrons. The van der Waals surface area contributed by atoms with E-state index in [4.69, 9.17) is 16.3 Å². The summed E-state index contributed by atoms with van der Waals surface area (Å²) in [5.41, 5.74) is 1.27. The number of carbonyl (C=O) groups excluding carboxylic acids is 1. The lowest BCUT2D eigenvalue weighted by Crippen LogP contribution is -2.14. The van der Waals surface area contributed by atoms with Gasteiger partial charge in [-0.1, -0.05) is 29.8 Å². The lowest BCUT2D eigenvalue weighted by Gasteiger charge is -2.10. The van der Waals surface area contributed by atoms with Crippen molar-refractivity contribution in [3.05, 3.63) is 83.4 Å². The summed E-state index contributed by atoms with van der Waals surface area (Å²) in [5.74, 6) is 0.112. The molecule has 1 amide bonds. The standard InChI is InChI=1S/C20H17ClN2O4S/c1-27-19-12-9-16(13-18(19)21)22-20(24)14-7-10-17(11-8-14)28(25,26)23-15-5-3-2-4-6-15/h2-13,23H,1H3,(H,22,24). The lowest BCUT2D eigenvalue weighted by atomic mass is 10.2. The van der Waals surface area contributed by atoms with Crippen molar-refractivity contribution in [2.24, 2.45) is 0 Å². The minimum absolute atomic E-state index is 0.0559. The molecule has 3 rings (SSSR count). The summed E-state index contributed by atoms with van der Waals surface area (Å²) >= 11 is 6.05. The Balaban J connectivity index is 1.73. The maximum atomic E-state index is 12.4. The number of hydrogen-bond donors (Lipinski definition) is 2. The van der Waals surface area contributed by atoms with Crippen LogP contribution in [-0.4, -0.2) is 21.4 Å². The summed E-state index contributed by atoms with van der Waals surface area (Å²) in [6.45, 7) is 0. The second-order valence-electron chi connectivity index (χ2n) is 5.80. The number of ether oxygens (including phenoxy) is 1. The van der Waals surface area contributed by atoms with Gasteiger partial charge in [0.25, 0.3) is 15.9 Å². The van der Waals surface area contributed by atoms with Gasteiger partial charge in [-0.2, -0.15) is 0 Å². The molecule has 28 heavy (non-hydrogen) atoms. The van der Waals surface area contributed by atoms with E-state index in [1.165, 1.54) is 31.4 Å². The van der Waals surface area contributed by atoms with Crippen LogP contribution in [0.3, 0.4) is 0 Å². The fourth-order valence-electron chi connectivity index (χ4n) is 2.45. The molecule has 0 aliphatic rings. The molecule has 0 fully saturated rings. The number of anilines is 2. The molecule has 8 heteroatoms. The number of benzene rings is 3. The molecule has 0 saturated heterocycles. The molecule has 0 saturated carbocycles. The van der Waals surface area contributed by atoms with Crippen LogP contribution in [0.2, 0.25) is 5.02 Å². The first-order valence-corrected chi connectivity index (χ1v) is 10.1. The molecule has 6 nitrogen and oxygen atoms in total. The second kappa shape index (κ2) is 8.33. The molecule has 0 unspecified atom stereocenters. The van der Waals surface area contributed by atoms with Crippen LogP contribution >= 0.6 is 11.6 Å². The van der Waals surface area contributed by atoms with E-state index >= 15 is 0 Å². The number of methoxy groups -OCH3 is 1. The molecule has 0 atom stereocenters. The molecule has 0 aliphatic carbocycles. The van der Waals surface area contributed by atoms with E-state index in [2.05, 4.69) is 10.0 Å². The van der Waals surface area contributed by atoms with E-state index in [1.807, 2.05) is 0 Å². The van der Waals surface area contributed by atoms with Gasteiger partial charge >= 0.3 is 0 Å². The normalized spacial score (nSPS) is 10.9. The van der Waals surface area contributed by atoms with E-state index in [-0.39, 0.29) is 10.8 Å². The van der Waals surface area contributed by atoms with Crippen LogP contribution < -0.4 is 14.8 Å². The number of para-hydroxylation sites is 1. The van der Waals surface area contributed by atoms with Crippen LogP contribution in [0.15, 0.2) is 77.7 Å². The lowest BCUT2D eigenvalue weighted by molar-refractivity contribution is 0.102. The number of carbonyl (C=O) groups is 1. The highest BCUT2D eigenvalue weighted by Gasteiger charge is 2.15. The Morgan fingerprint density at radius 2 is 1.61 bits per heavy atom. The van der Waals surface area contributed by atoms with Crippen LogP contribution in [0.1, 0.15) is 10.4 Å². The third kappa shape index (κ3) is 4.62. The van der Waals surface area contributed by atoms with Gasteiger partial charge in [0, 0.05) is 16.9 Å². The summed E-state index contributed by atoms with van der Waals surface area (Å²) < 4.78 is 32.4. The number of rotatable bonds is 6. The molecule has 0 aromatic heterocycles. The van der Waals surface area contributed by atoms with Gasteiger partial charge in [0.2, 0.25) is 0 Å². The summed E-state index contributed by atoms with van der Waals surface area (Å²) in [5, 5.41) is 3.07. The van der Waals surface area contributed by atoms with Crippen LogP contribution in [0.5, 0.6) is 5.75 Å². The van der Waals surface area contributed by atoms with Gasteiger partial charge in [-0.25, -0.2) is 8.42 Å². The van der Waals surface area contributed by atoms with Gasteiger partial charge in [-0.15, -0.1) is 0 Å². The SMILES string of the molecule is COc1ccc(NC(=O)c2ccc(S(=O)(=O)Nc3ccccc3)cc2)cc1Cl. The Morgan fingerprint density at radius 3 is 2.21 bits per heavy atom. The van der Waals surface area contributed by atoms with Crippen LogP contribution in [-0.2, 0) is 10.0 Å². The van der Waals surface area contributed by atoms with Crippen molar-refractivity contribution < 1.29 is 17.9 Å². The molecule has 3 aromatic rings. The zero-order valence-electron chi connectivity index (χ0n) is 14.8. The molecule has 0 spiro atoms. The predicted octanol–water partition coefficient (Wildman–Crippen LogP) is 4.40. The monoisotopic (exact) mass is 416 g/mol. The first-order chi connectivity index (χ1) is 13.4. The number of nitrogens with one attached hydrogen (secondary N) is 2. The van der Waals surface area contributed by atoms with E-state index in [0.717, 1.165) is 0 Å². The largest absolute Gasteiger partial charge is 0.495 e. The zero-order chi connectivity index (χ0) is 20.1. The van der Waals surface area contributed by atoms with Crippen molar-refractivity contribution in [2.45, 2.75) is 4.90 Å². The van der Waals surface area contributed by atoms with Gasteiger partial charge < -0.3 is 10.1 Å². The molecule has 0 aliphatic heterocycles. The Bertz CT molecular complexity index is 1080. The predicted molar refractivity (Wildman–Crippen MR) is 110 cm³/mol. The van der Waals surface area contributed by atoms with Crippen molar-refractivity contribution in [1.82, 2.24) is 0 Å². The minimum Gasteiger partial charge on any atom is -0.495 e. The maximum Gasteiger partial charge on any atom is 0.261 e. The molecule has 0 heterocycles. The highest BCUT2D eigenvalue weighted by Crippen LogP contribution is 2.27. The van der Waals surface area contributed by atoms with E-state index in [0.29, 0.717) is 27.7 Å². The van der Waals surface area contributed by atoms with E-state index in [1.54, 1.807) is 48.5 Å². The number of sulfonamides is 1. The molecular weight excluding hydrogens is 400 g/mol. The molecule has 144 valence electrons. The van der Waals surface area contributed by atoms with Crippen molar-refractivity contribution in [3.63, 3.8) is 0 Å². The highest BCUT2D eigenvalue weighted by atomic mass is 35.5. The summed E-state index contributed by atoms with van der Waals surface area (Å²) in [7, 11) is -2.24. The van der Waals surface area contributed by atoms with E-state index < -0.39 is 10.0 Å². The van der Waals surface area contributed by atoms with Crippen LogP contribution in [0.4, 0.5) is 11.4 Å². The fraction of sp³-hybridized carbons (Fsp3) is 0.0500. The van der Waals surface area contributed by atoms with Crippen LogP contribution in [0, 0.1) is 0 Å². The highest BCUT2D eigenvalue weighted by molar-refractivity contribution is 7.92. The van der Waals surface area contributed by atoms with Gasteiger partial charge in [-0.05, 0) is 54.6 Å². The van der Waals surface area contributed by atoms with Gasteiger partial charge in [0.1, 0.15) is 5.75 Å². The van der Waals surface area contributed by atoms with Crippen molar-refractivity contribution in [3.8, 4) is 5.75 Å². The number of hydrogen-bond acceptors (Lipinski definition) is 4. The molecular formula is C20H17ClN2O4S. The quantitative estimate of drug-likeness (QED) is 0.623. The first kappa shape index (κ1) is 19.7. The third-order valence-electron chi connectivity index (χ3n) is 3.86. The minimum atomic E-state index is -3.74. The average Bonchev–Trinajstić information content (AvgIpc) is 2.69. The number of halogens is 1. The molecule has 3 aromatic carbocycles. The third-order valence-corrected chi connectivity index (χ3v) is 5.56. The summed E-state index contributed by atoms with van der Waals surface area (Å²) in [6.07, 6.45) is 0. The van der Waals surface area contributed by atoms with Gasteiger partial charge in [-0.3, -0.25) is 9.52 Å². The average molecular weight is 417 g/mol. The van der Waals surface area contributed by atoms with Crippen LogP contribution in [0.25, 0.3) is 0 Å². The first-order valence-electron chi connectivity index (χ1n) is 8.22. The smallest absolute Gasteiger partial charge is 0.261 e. The Kier molecular flexibility index (Phi) is 5.87. The van der Waals surface area contributed by atoms with Crippen molar-refractivity contribution >= 4 is 38.9 Å². The topological polar surface area (TPSA) is 84.5 Å². The maximum absolute atomic E-state index is 12.4. The molecule has 2 N–H and O–H groups in total. The summed E-state index contributed by atoms with van der Waals surface area (Å²) in [6, 6.07) is 19.1. The van der Waals surface area contributed by atoms with Crippen molar-refractivity contribution in [1.29, 1.82) is 0 Å². The van der Waals surface area contributed by atoms with Gasteiger partial charge in [0.05, 0.1) is 17.0 Å². The Morgan fingerprint density at radius 1 is 0.929 bits per heavy atom. The Labute approximate surface area is 168 Å². The van der Waals surface area contributed by atoms with Gasteiger partial charge in [0.15, 0.2) is 0 Å². The van der Waals surface area contributed by atoms with Crippen molar-refractivity contribution in [2.75, 3.05) is 17.1 Å². The molecule has 0 bridgehead atoms. The number of amides is 1. The fourth-order valence-corrected chi connectivity index (χ4v) is 3.77. The van der Waals surface area contributed by atoms with E-state index in [9.17, 15) is 13.2 Å².